The Hall–Kier alpha value is -3.55. The third kappa shape index (κ3) is 4.00. The van der Waals surface area contributed by atoms with Crippen LogP contribution < -0.4 is 24.6 Å². The summed E-state index contributed by atoms with van der Waals surface area (Å²) in [5, 5.41) is 2.94. The zero-order chi connectivity index (χ0) is 22.1. The molecule has 5 rings (SSSR count). The molecule has 1 atom stereocenters. The zero-order valence-corrected chi connectivity index (χ0v) is 17.7. The quantitative estimate of drug-likeness (QED) is 0.778. The van der Waals surface area contributed by atoms with Crippen LogP contribution in [0.3, 0.4) is 0 Å². The van der Waals surface area contributed by atoms with E-state index >= 15 is 0 Å². The number of amides is 3. The second-order valence-electron chi connectivity index (χ2n) is 8.27. The highest BCUT2D eigenvalue weighted by Gasteiger charge is 2.35. The summed E-state index contributed by atoms with van der Waals surface area (Å²) < 4.78 is 11.1. The van der Waals surface area contributed by atoms with Gasteiger partial charge in [-0.25, -0.2) is 0 Å². The van der Waals surface area contributed by atoms with Crippen molar-refractivity contribution in [2.24, 2.45) is 5.92 Å². The van der Waals surface area contributed by atoms with E-state index < -0.39 is 5.92 Å². The molecule has 2 aromatic carbocycles. The van der Waals surface area contributed by atoms with Crippen LogP contribution in [-0.4, -0.2) is 44.0 Å². The normalized spacial score (nSPS) is 20.1. The monoisotopic (exact) mass is 435 g/mol. The minimum Gasteiger partial charge on any atom is -0.486 e. The molecule has 0 radical (unpaired) electrons. The van der Waals surface area contributed by atoms with Gasteiger partial charge in [0.2, 0.25) is 17.7 Å². The van der Waals surface area contributed by atoms with Gasteiger partial charge in [0.15, 0.2) is 11.5 Å². The number of carbonyl (C=O) groups excluding carboxylic acids is 3. The summed E-state index contributed by atoms with van der Waals surface area (Å²) in [6.07, 6.45) is 1.66. The number of anilines is 2. The smallest absolute Gasteiger partial charge is 0.227 e. The summed E-state index contributed by atoms with van der Waals surface area (Å²) >= 11 is 0. The molecular weight excluding hydrogens is 410 g/mol. The van der Waals surface area contributed by atoms with Crippen molar-refractivity contribution in [1.82, 2.24) is 5.32 Å². The average molecular weight is 435 g/mol. The highest BCUT2D eigenvalue weighted by atomic mass is 16.6. The SMILES string of the molecule is O=C(NCc1ccc(N2CCCC2=O)cc1)[C@H]1CC(=O)N(c2ccc3c(c2)OCCO3)C1. The highest BCUT2D eigenvalue weighted by molar-refractivity contribution is 6.00. The van der Waals surface area contributed by atoms with E-state index in [1.54, 1.807) is 21.9 Å². The Morgan fingerprint density at radius 3 is 2.44 bits per heavy atom. The van der Waals surface area contributed by atoms with E-state index in [-0.39, 0.29) is 24.1 Å². The van der Waals surface area contributed by atoms with Gasteiger partial charge >= 0.3 is 0 Å². The lowest BCUT2D eigenvalue weighted by atomic mass is 10.1. The number of nitrogens with one attached hydrogen (secondary N) is 1. The summed E-state index contributed by atoms with van der Waals surface area (Å²) in [6, 6.07) is 13.1. The first-order valence-corrected chi connectivity index (χ1v) is 11.0. The zero-order valence-electron chi connectivity index (χ0n) is 17.7. The summed E-state index contributed by atoms with van der Waals surface area (Å²) in [6.45, 7) is 2.45. The van der Waals surface area contributed by atoms with Crippen molar-refractivity contribution >= 4 is 29.1 Å². The first-order chi connectivity index (χ1) is 15.6. The molecule has 2 fully saturated rings. The topological polar surface area (TPSA) is 88.2 Å². The maximum atomic E-state index is 12.7. The van der Waals surface area contributed by atoms with Crippen LogP contribution in [0.4, 0.5) is 11.4 Å². The molecule has 0 bridgehead atoms. The predicted molar refractivity (Wildman–Crippen MR) is 118 cm³/mol. The maximum Gasteiger partial charge on any atom is 0.227 e. The lowest BCUT2D eigenvalue weighted by Gasteiger charge is -2.22. The van der Waals surface area contributed by atoms with Gasteiger partial charge in [-0.2, -0.15) is 0 Å². The van der Waals surface area contributed by atoms with Crippen LogP contribution in [-0.2, 0) is 20.9 Å². The third-order valence-electron chi connectivity index (χ3n) is 6.12. The largest absolute Gasteiger partial charge is 0.486 e. The van der Waals surface area contributed by atoms with Crippen molar-refractivity contribution in [3.05, 3.63) is 48.0 Å². The van der Waals surface area contributed by atoms with Crippen molar-refractivity contribution < 1.29 is 23.9 Å². The molecule has 3 heterocycles. The Morgan fingerprint density at radius 1 is 0.938 bits per heavy atom. The molecule has 3 aliphatic rings. The second kappa shape index (κ2) is 8.53. The molecular formula is C24H25N3O5. The number of ether oxygens (including phenoxy) is 2. The molecule has 0 saturated carbocycles. The van der Waals surface area contributed by atoms with E-state index in [2.05, 4.69) is 5.32 Å². The van der Waals surface area contributed by atoms with Crippen LogP contribution in [0, 0.1) is 5.92 Å². The summed E-state index contributed by atoms with van der Waals surface area (Å²) in [5.41, 5.74) is 2.54. The van der Waals surface area contributed by atoms with E-state index in [1.165, 1.54) is 0 Å². The van der Waals surface area contributed by atoms with Crippen LogP contribution in [0.25, 0.3) is 0 Å². The third-order valence-corrected chi connectivity index (χ3v) is 6.12. The molecule has 32 heavy (non-hydrogen) atoms. The van der Waals surface area contributed by atoms with E-state index in [0.29, 0.717) is 49.9 Å². The van der Waals surface area contributed by atoms with Gasteiger partial charge < -0.3 is 24.6 Å². The van der Waals surface area contributed by atoms with Crippen molar-refractivity contribution in [2.45, 2.75) is 25.8 Å². The summed E-state index contributed by atoms with van der Waals surface area (Å²) in [4.78, 5) is 40.6. The number of benzene rings is 2. The van der Waals surface area contributed by atoms with E-state index in [1.807, 2.05) is 30.3 Å². The van der Waals surface area contributed by atoms with Gasteiger partial charge in [0, 0.05) is 49.9 Å². The van der Waals surface area contributed by atoms with Gasteiger partial charge in [-0.15, -0.1) is 0 Å². The average Bonchev–Trinajstić information content (AvgIpc) is 3.43. The fourth-order valence-electron chi connectivity index (χ4n) is 4.38. The van der Waals surface area contributed by atoms with Crippen molar-refractivity contribution in [3.8, 4) is 11.5 Å². The Bertz CT molecular complexity index is 1050. The first-order valence-electron chi connectivity index (χ1n) is 11.0. The lowest BCUT2D eigenvalue weighted by molar-refractivity contribution is -0.126. The second-order valence-corrected chi connectivity index (χ2v) is 8.27. The highest BCUT2D eigenvalue weighted by Crippen LogP contribution is 2.36. The van der Waals surface area contributed by atoms with Gasteiger partial charge in [0.1, 0.15) is 13.2 Å². The number of hydrogen-bond donors (Lipinski definition) is 1. The lowest BCUT2D eigenvalue weighted by Crippen LogP contribution is -2.32. The Kier molecular flexibility index (Phi) is 5.43. The number of fused-ring (bicyclic) bond motifs is 1. The molecule has 1 N–H and O–H groups in total. The molecule has 0 aliphatic carbocycles. The van der Waals surface area contributed by atoms with Crippen LogP contribution in [0.15, 0.2) is 42.5 Å². The van der Waals surface area contributed by atoms with E-state index in [0.717, 1.165) is 24.2 Å². The summed E-state index contributed by atoms with van der Waals surface area (Å²) in [5.74, 6) is 0.810. The van der Waals surface area contributed by atoms with E-state index in [4.69, 9.17) is 9.47 Å². The Morgan fingerprint density at radius 2 is 1.69 bits per heavy atom. The molecule has 3 aliphatic heterocycles. The minimum atomic E-state index is -0.405. The van der Waals surface area contributed by atoms with Gasteiger partial charge in [0.05, 0.1) is 5.92 Å². The van der Waals surface area contributed by atoms with Crippen molar-refractivity contribution in [3.63, 3.8) is 0 Å². The van der Waals surface area contributed by atoms with E-state index in [9.17, 15) is 14.4 Å². The summed E-state index contributed by atoms with van der Waals surface area (Å²) in [7, 11) is 0. The van der Waals surface area contributed by atoms with Crippen molar-refractivity contribution in [2.75, 3.05) is 36.1 Å². The van der Waals surface area contributed by atoms with Crippen LogP contribution in [0.5, 0.6) is 11.5 Å². The minimum absolute atomic E-state index is 0.0820. The molecule has 3 amide bonds. The molecule has 0 aromatic heterocycles. The molecule has 8 heteroatoms. The molecule has 2 aromatic rings. The molecule has 0 spiro atoms. The Labute approximate surface area is 186 Å². The van der Waals surface area contributed by atoms with Gasteiger partial charge in [0.25, 0.3) is 0 Å². The van der Waals surface area contributed by atoms with Gasteiger partial charge in [-0.05, 0) is 36.2 Å². The first kappa shape index (κ1) is 20.4. The molecule has 0 unspecified atom stereocenters. The molecule has 166 valence electrons. The number of nitrogens with zero attached hydrogens (tertiary/aromatic N) is 2. The standard InChI is InChI=1S/C24H25N3O5/c28-22-2-1-9-26(22)18-5-3-16(4-6-18)14-25-24(30)17-12-23(29)27(15-17)19-7-8-20-21(13-19)32-11-10-31-20/h3-8,13,17H,1-2,9-12,14-15H2,(H,25,30)/t17-/m0/s1. The number of rotatable bonds is 5. The number of hydrogen-bond acceptors (Lipinski definition) is 5. The Balaban J connectivity index is 1.18. The molecule has 8 nitrogen and oxygen atoms in total. The van der Waals surface area contributed by atoms with Crippen LogP contribution in [0.2, 0.25) is 0 Å². The van der Waals surface area contributed by atoms with Crippen LogP contribution >= 0.6 is 0 Å². The molecule has 2 saturated heterocycles. The maximum absolute atomic E-state index is 12.7. The van der Waals surface area contributed by atoms with Gasteiger partial charge in [-0.3, -0.25) is 14.4 Å². The number of carbonyl (C=O) groups is 3. The van der Waals surface area contributed by atoms with Crippen LogP contribution in [0.1, 0.15) is 24.8 Å². The van der Waals surface area contributed by atoms with Gasteiger partial charge in [-0.1, -0.05) is 12.1 Å². The fourth-order valence-corrected chi connectivity index (χ4v) is 4.38. The fraction of sp³-hybridized carbons (Fsp3) is 0.375. The predicted octanol–water partition coefficient (Wildman–Crippen LogP) is 2.25. The van der Waals surface area contributed by atoms with Crippen molar-refractivity contribution in [1.29, 1.82) is 0 Å².